The van der Waals surface area contributed by atoms with Gasteiger partial charge < -0.3 is 10.4 Å². The van der Waals surface area contributed by atoms with Crippen molar-refractivity contribution in [3.63, 3.8) is 0 Å². The summed E-state index contributed by atoms with van der Waals surface area (Å²) in [6, 6.07) is 2.91. The van der Waals surface area contributed by atoms with Crippen molar-refractivity contribution < 1.29 is 32.7 Å². The maximum Gasteiger partial charge on any atom is 0.416 e. The first-order valence-electron chi connectivity index (χ1n) is 7.41. The molecule has 25 heavy (non-hydrogen) atoms. The number of nitrogens with one attached hydrogen (secondary N) is 1. The van der Waals surface area contributed by atoms with E-state index < -0.39 is 48.0 Å². The van der Waals surface area contributed by atoms with Crippen molar-refractivity contribution in [2.24, 2.45) is 5.92 Å². The van der Waals surface area contributed by atoms with E-state index in [1.807, 2.05) is 0 Å². The van der Waals surface area contributed by atoms with E-state index in [4.69, 9.17) is 5.11 Å². The van der Waals surface area contributed by atoms with Gasteiger partial charge in [0.05, 0.1) is 5.56 Å². The fourth-order valence-electron chi connectivity index (χ4n) is 2.36. The smallest absolute Gasteiger partial charge is 0.416 e. The fraction of sp³-hybridized carbons (Fsp3) is 0.438. The van der Waals surface area contributed by atoms with Crippen molar-refractivity contribution in [2.75, 3.05) is 11.4 Å². The number of alkyl halides is 3. The summed E-state index contributed by atoms with van der Waals surface area (Å²) in [4.78, 5) is 35.9. The Morgan fingerprint density at radius 1 is 1.24 bits per heavy atom. The van der Waals surface area contributed by atoms with Gasteiger partial charge in [-0.2, -0.15) is 13.2 Å². The molecule has 0 unspecified atom stereocenters. The summed E-state index contributed by atoms with van der Waals surface area (Å²) in [5.74, 6) is -3.13. The lowest BCUT2D eigenvalue weighted by Gasteiger charge is -2.33. The number of amides is 2. The summed E-state index contributed by atoms with van der Waals surface area (Å²) >= 11 is 0. The van der Waals surface area contributed by atoms with Crippen molar-refractivity contribution >= 4 is 23.5 Å². The quantitative estimate of drug-likeness (QED) is 0.815. The molecule has 0 aromatic heterocycles. The summed E-state index contributed by atoms with van der Waals surface area (Å²) in [6.45, 7) is 3.68. The number of hydrogen-bond acceptors (Lipinski definition) is 3. The molecule has 2 N–H and O–H groups in total. The van der Waals surface area contributed by atoms with Gasteiger partial charge in [-0.1, -0.05) is 19.9 Å². The van der Waals surface area contributed by atoms with Crippen molar-refractivity contribution in [1.82, 2.24) is 5.32 Å². The van der Waals surface area contributed by atoms with Crippen LogP contribution in [0.15, 0.2) is 24.3 Å². The Bertz CT molecular complexity index is 659. The van der Waals surface area contributed by atoms with Crippen LogP contribution in [0.1, 0.15) is 26.3 Å². The Morgan fingerprint density at radius 2 is 1.84 bits per heavy atom. The average Bonchev–Trinajstić information content (AvgIpc) is 2.48. The van der Waals surface area contributed by atoms with Crippen LogP contribution in [0.2, 0.25) is 0 Å². The van der Waals surface area contributed by atoms with Crippen molar-refractivity contribution in [2.45, 2.75) is 33.0 Å². The molecule has 0 aliphatic rings. The van der Waals surface area contributed by atoms with Gasteiger partial charge in [-0.3, -0.25) is 19.3 Å². The number of carbonyl (C=O) groups excluding carboxylic acids is 2. The lowest BCUT2D eigenvalue weighted by molar-refractivity contribution is -0.138. The molecule has 2 amide bonds. The van der Waals surface area contributed by atoms with E-state index in [1.54, 1.807) is 13.8 Å². The molecule has 1 atom stereocenters. The number of carbonyl (C=O) groups is 3. The monoisotopic (exact) mass is 360 g/mol. The van der Waals surface area contributed by atoms with E-state index in [0.717, 1.165) is 30.0 Å². The summed E-state index contributed by atoms with van der Waals surface area (Å²) in [7, 11) is 0. The number of nitrogens with zero attached hydrogens (tertiary/aromatic N) is 1. The minimum atomic E-state index is -4.60. The zero-order valence-corrected chi connectivity index (χ0v) is 13.9. The number of aliphatic carboxylic acids is 1. The second-order valence-electron chi connectivity index (χ2n) is 5.74. The van der Waals surface area contributed by atoms with E-state index in [-0.39, 0.29) is 5.69 Å². The van der Waals surface area contributed by atoms with Gasteiger partial charge in [0.25, 0.3) is 0 Å². The maximum atomic E-state index is 12.9. The second kappa shape index (κ2) is 8.00. The Labute approximate surface area is 142 Å². The van der Waals surface area contributed by atoms with Gasteiger partial charge >= 0.3 is 12.1 Å². The van der Waals surface area contributed by atoms with E-state index in [2.05, 4.69) is 5.32 Å². The first-order valence-corrected chi connectivity index (χ1v) is 7.41. The van der Waals surface area contributed by atoms with Crippen LogP contribution < -0.4 is 10.2 Å². The lowest BCUT2D eigenvalue weighted by Crippen LogP contribution is -2.52. The van der Waals surface area contributed by atoms with Crippen LogP contribution in [0, 0.1) is 5.92 Å². The fourth-order valence-corrected chi connectivity index (χ4v) is 2.36. The summed E-state index contributed by atoms with van der Waals surface area (Å²) < 4.78 is 38.7. The number of hydrogen-bond donors (Lipinski definition) is 2. The molecule has 0 aliphatic heterocycles. The van der Waals surface area contributed by atoms with Gasteiger partial charge in [0, 0.05) is 12.6 Å². The van der Waals surface area contributed by atoms with Gasteiger partial charge in [0.15, 0.2) is 0 Å². The third-order valence-corrected chi connectivity index (χ3v) is 3.38. The number of halogens is 3. The predicted molar refractivity (Wildman–Crippen MR) is 83.9 cm³/mol. The van der Waals surface area contributed by atoms with Crippen LogP contribution in [0.4, 0.5) is 18.9 Å². The largest absolute Gasteiger partial charge is 0.480 e. The molecule has 138 valence electrons. The zero-order chi connectivity index (χ0) is 19.4. The van der Waals surface area contributed by atoms with Crippen LogP contribution in [0.3, 0.4) is 0 Å². The molecule has 1 rings (SSSR count). The summed E-state index contributed by atoms with van der Waals surface area (Å²) in [5.41, 5.74) is -1.05. The van der Waals surface area contributed by atoms with Crippen molar-refractivity contribution in [3.05, 3.63) is 29.8 Å². The summed E-state index contributed by atoms with van der Waals surface area (Å²) in [5, 5.41) is 10.8. The molecule has 0 aliphatic carbocycles. The van der Waals surface area contributed by atoms with E-state index in [9.17, 15) is 27.6 Å². The molecule has 6 nitrogen and oxygen atoms in total. The number of anilines is 1. The molecule has 0 spiro atoms. The highest BCUT2D eigenvalue weighted by Gasteiger charge is 2.35. The van der Waals surface area contributed by atoms with Crippen LogP contribution in [-0.2, 0) is 20.6 Å². The highest BCUT2D eigenvalue weighted by atomic mass is 19.4. The van der Waals surface area contributed by atoms with Gasteiger partial charge in [-0.15, -0.1) is 0 Å². The van der Waals surface area contributed by atoms with Crippen LogP contribution in [0.25, 0.3) is 0 Å². The first-order chi connectivity index (χ1) is 11.4. The Kier molecular flexibility index (Phi) is 6.55. The third-order valence-electron chi connectivity index (χ3n) is 3.38. The molecule has 0 bridgehead atoms. The Morgan fingerprint density at radius 3 is 2.28 bits per heavy atom. The molecule has 1 aromatic carbocycles. The highest BCUT2D eigenvalue weighted by Crippen LogP contribution is 2.32. The standard InChI is InChI=1S/C16H19F3N2O4/c1-9(2)14(15(25)20-8-13(23)24)21(10(3)22)12-6-4-5-11(7-12)16(17,18)19/h4-7,9,14H,8H2,1-3H3,(H,20,25)(H,23,24)/t14-/m0/s1. The first kappa shape index (κ1) is 20.5. The molecular weight excluding hydrogens is 341 g/mol. The average molecular weight is 360 g/mol. The van der Waals surface area contributed by atoms with Gasteiger partial charge in [-0.25, -0.2) is 0 Å². The third kappa shape index (κ3) is 5.47. The molecule has 1 aromatic rings. The maximum absolute atomic E-state index is 12.9. The van der Waals surface area contributed by atoms with Crippen LogP contribution >= 0.6 is 0 Å². The van der Waals surface area contributed by atoms with Crippen LogP contribution in [-0.4, -0.2) is 35.5 Å². The number of benzene rings is 1. The minimum Gasteiger partial charge on any atom is -0.480 e. The number of carboxylic acid groups (broad SMARTS) is 1. The van der Waals surface area contributed by atoms with E-state index in [0.29, 0.717) is 0 Å². The SMILES string of the molecule is CC(=O)N(c1cccc(C(F)(F)F)c1)[C@H](C(=O)NCC(=O)O)C(C)C. The molecule has 0 saturated carbocycles. The van der Waals surface area contributed by atoms with Gasteiger partial charge in [0.1, 0.15) is 12.6 Å². The zero-order valence-electron chi connectivity index (χ0n) is 13.9. The summed E-state index contributed by atoms with van der Waals surface area (Å²) in [6.07, 6.45) is -4.60. The topological polar surface area (TPSA) is 86.7 Å². The predicted octanol–water partition coefficient (Wildman–Crippen LogP) is 2.28. The van der Waals surface area contributed by atoms with Crippen LogP contribution in [0.5, 0.6) is 0 Å². The molecule has 0 fully saturated rings. The molecular formula is C16H19F3N2O4. The number of rotatable bonds is 6. The van der Waals surface area contributed by atoms with E-state index in [1.165, 1.54) is 6.07 Å². The van der Waals surface area contributed by atoms with E-state index >= 15 is 0 Å². The second-order valence-corrected chi connectivity index (χ2v) is 5.74. The minimum absolute atomic E-state index is 0.0912. The molecule has 0 saturated heterocycles. The van der Waals surface area contributed by atoms with Crippen molar-refractivity contribution in [1.29, 1.82) is 0 Å². The lowest BCUT2D eigenvalue weighted by atomic mass is 10.00. The molecule has 0 radical (unpaired) electrons. The highest BCUT2D eigenvalue weighted by molar-refractivity contribution is 6.00. The van der Waals surface area contributed by atoms with Gasteiger partial charge in [0.2, 0.25) is 11.8 Å². The molecule has 9 heteroatoms. The normalized spacial score (nSPS) is 12.6. The Balaban J connectivity index is 3.29. The van der Waals surface area contributed by atoms with Crippen molar-refractivity contribution in [3.8, 4) is 0 Å². The number of carboxylic acids is 1. The molecule has 0 heterocycles. The Hall–Kier alpha value is -2.58. The van der Waals surface area contributed by atoms with Gasteiger partial charge in [-0.05, 0) is 24.1 Å².